The summed E-state index contributed by atoms with van der Waals surface area (Å²) in [6, 6.07) is 9.05. The molecule has 2 aliphatic heterocycles. The van der Waals surface area contributed by atoms with E-state index in [9.17, 15) is 38.7 Å². The number of aliphatic hydroxyl groups is 1. The molecular formula is C42H53N5O10. The second kappa shape index (κ2) is 18.2. The van der Waals surface area contributed by atoms with Crippen LogP contribution < -0.4 is 5.73 Å². The van der Waals surface area contributed by atoms with Crippen LogP contribution in [0.1, 0.15) is 128 Å². The van der Waals surface area contributed by atoms with E-state index in [1.807, 2.05) is 41.5 Å². The predicted octanol–water partition coefficient (Wildman–Crippen LogP) is 6.57. The number of carbonyl (C=O) groups excluding carboxylic acids is 7. The van der Waals surface area contributed by atoms with Gasteiger partial charge in [0, 0.05) is 45.6 Å². The number of anilines is 1. The molecule has 15 nitrogen and oxygen atoms in total. The quantitative estimate of drug-likeness (QED) is 0.114. The molecule has 2 aromatic rings. The molecular weight excluding hydrogens is 734 g/mol. The number of nitrogens with zero attached hydrogens (tertiary/aromatic N) is 4. The molecule has 0 spiro atoms. The maximum atomic E-state index is 13.0. The lowest BCUT2D eigenvalue weighted by Gasteiger charge is -2.27. The highest BCUT2D eigenvalue weighted by atomic mass is 16.5. The number of hydrogen-bond acceptors (Lipinski definition) is 13. The van der Waals surface area contributed by atoms with Gasteiger partial charge in [-0.25, -0.2) is 0 Å². The molecule has 2 unspecified atom stereocenters. The number of azo groups is 1. The number of allylic oxidation sites excluding steroid dienone is 2. The highest BCUT2D eigenvalue weighted by molar-refractivity contribution is 6.24. The van der Waals surface area contributed by atoms with Gasteiger partial charge in [-0.2, -0.15) is 0 Å². The largest absolute Gasteiger partial charge is 0.510 e. The zero-order chi connectivity index (χ0) is 42.4. The van der Waals surface area contributed by atoms with Crippen LogP contribution in [0.5, 0.6) is 0 Å². The van der Waals surface area contributed by atoms with Gasteiger partial charge in [0.2, 0.25) is 0 Å². The Morgan fingerprint density at radius 2 is 1.16 bits per heavy atom. The van der Waals surface area contributed by atoms with Crippen LogP contribution in [0.3, 0.4) is 0 Å². The van der Waals surface area contributed by atoms with Gasteiger partial charge in [-0.3, -0.25) is 43.4 Å². The minimum absolute atomic E-state index is 0.0770. The Hall–Kier alpha value is -5.41. The number of Topliss-reactive ketones (excluding diaryl/α,β-unsaturated/α-hetero) is 3. The van der Waals surface area contributed by atoms with Crippen molar-refractivity contribution in [2.24, 2.45) is 21.1 Å². The van der Waals surface area contributed by atoms with Gasteiger partial charge in [0.15, 0.2) is 11.5 Å². The number of nitrogens with two attached hydrogens (primary N) is 1. The Balaban J connectivity index is 0.000000217. The van der Waals surface area contributed by atoms with Gasteiger partial charge in [-0.05, 0) is 47.9 Å². The molecule has 2 atom stereocenters. The molecule has 1 saturated carbocycles. The van der Waals surface area contributed by atoms with Gasteiger partial charge in [0.1, 0.15) is 17.3 Å². The minimum Gasteiger partial charge on any atom is -0.510 e. The summed E-state index contributed by atoms with van der Waals surface area (Å²) < 4.78 is 10.2. The van der Waals surface area contributed by atoms with Crippen molar-refractivity contribution in [3.05, 3.63) is 70.1 Å². The first kappa shape index (κ1) is 44.3. The van der Waals surface area contributed by atoms with Crippen molar-refractivity contribution in [3.63, 3.8) is 0 Å². The number of aliphatic hydroxyl groups excluding tert-OH is 1. The molecule has 0 radical (unpaired) electrons. The summed E-state index contributed by atoms with van der Waals surface area (Å²) in [4.78, 5) is 86.8. The molecule has 4 amide bonds. The van der Waals surface area contributed by atoms with Crippen LogP contribution in [-0.4, -0.2) is 95.4 Å². The number of rotatable bonds is 10. The molecule has 4 aliphatic rings. The number of hydrogen-bond donors (Lipinski definition) is 2. The molecule has 57 heavy (non-hydrogen) atoms. The summed E-state index contributed by atoms with van der Waals surface area (Å²) in [6.45, 7) is 12.1. The Morgan fingerprint density at radius 1 is 0.684 bits per heavy atom. The fourth-order valence-electron chi connectivity index (χ4n) is 7.47. The van der Waals surface area contributed by atoms with E-state index in [4.69, 9.17) is 15.2 Å². The SMILES string of the molecule is CC1(C)CC(=O)CC(=O)C1.CCC(COC)N1C(=O)c2cccc(N)c2C1=O.CCC(COC)N1C(=O)c2cccc(N=NC3=C(O)CC(C)(C)CC3=O)c2C1=O. The number of benzene rings is 2. The molecule has 1 fully saturated rings. The monoisotopic (exact) mass is 787 g/mol. The van der Waals surface area contributed by atoms with E-state index in [0.717, 1.165) is 0 Å². The summed E-state index contributed by atoms with van der Waals surface area (Å²) in [5.41, 5.74) is 6.89. The van der Waals surface area contributed by atoms with Crippen LogP contribution in [0.2, 0.25) is 0 Å². The van der Waals surface area contributed by atoms with E-state index in [1.165, 1.54) is 16.9 Å². The maximum Gasteiger partial charge on any atom is 0.264 e. The topological polar surface area (TPSA) is 215 Å². The van der Waals surface area contributed by atoms with E-state index < -0.39 is 11.8 Å². The maximum absolute atomic E-state index is 13.0. The average molecular weight is 788 g/mol. The second-order valence-corrected chi connectivity index (χ2v) is 16.2. The minimum atomic E-state index is -0.460. The lowest BCUT2D eigenvalue weighted by molar-refractivity contribution is -0.133. The Kier molecular flexibility index (Phi) is 14.2. The van der Waals surface area contributed by atoms with Gasteiger partial charge in [0.05, 0.1) is 59.7 Å². The fraction of sp³-hybridized carbons (Fsp3) is 0.500. The number of ether oxygens (including phenoxy) is 2. The van der Waals surface area contributed by atoms with E-state index in [0.29, 0.717) is 55.5 Å². The number of carbonyl (C=O) groups is 7. The molecule has 0 aromatic heterocycles. The van der Waals surface area contributed by atoms with E-state index in [1.54, 1.807) is 43.5 Å². The zero-order valence-electron chi connectivity index (χ0n) is 34.0. The van der Waals surface area contributed by atoms with Gasteiger partial charge < -0.3 is 20.3 Å². The van der Waals surface area contributed by atoms with Crippen molar-refractivity contribution in [2.75, 3.05) is 33.2 Å². The molecule has 0 bridgehead atoms. The smallest absolute Gasteiger partial charge is 0.264 e. The van der Waals surface area contributed by atoms with Crippen molar-refractivity contribution >= 4 is 52.4 Å². The van der Waals surface area contributed by atoms with Gasteiger partial charge in [0.25, 0.3) is 23.6 Å². The first-order valence-corrected chi connectivity index (χ1v) is 19.0. The van der Waals surface area contributed by atoms with Gasteiger partial charge in [-0.1, -0.05) is 53.7 Å². The molecule has 2 heterocycles. The first-order chi connectivity index (χ1) is 26.8. The molecule has 6 rings (SSSR count). The highest BCUT2D eigenvalue weighted by Gasteiger charge is 2.42. The van der Waals surface area contributed by atoms with Crippen LogP contribution >= 0.6 is 0 Å². The molecule has 2 aliphatic carbocycles. The van der Waals surface area contributed by atoms with Crippen LogP contribution in [0.15, 0.2) is 58.1 Å². The second-order valence-electron chi connectivity index (χ2n) is 16.2. The summed E-state index contributed by atoms with van der Waals surface area (Å²) in [5.74, 6) is -1.69. The molecule has 3 N–H and O–H groups in total. The number of amides is 4. The number of nitrogen functional groups attached to an aromatic ring is 1. The zero-order valence-corrected chi connectivity index (χ0v) is 34.0. The predicted molar refractivity (Wildman–Crippen MR) is 210 cm³/mol. The van der Waals surface area contributed by atoms with Crippen LogP contribution in [0.4, 0.5) is 11.4 Å². The van der Waals surface area contributed by atoms with E-state index in [-0.39, 0.29) is 99.8 Å². The average Bonchev–Trinajstić information content (AvgIpc) is 3.53. The Morgan fingerprint density at radius 3 is 1.61 bits per heavy atom. The third-order valence-corrected chi connectivity index (χ3v) is 10.1. The molecule has 306 valence electrons. The van der Waals surface area contributed by atoms with Crippen LogP contribution in [-0.2, 0) is 23.9 Å². The van der Waals surface area contributed by atoms with Crippen molar-refractivity contribution in [3.8, 4) is 0 Å². The highest BCUT2D eigenvalue weighted by Crippen LogP contribution is 2.38. The Bertz CT molecular complexity index is 2000. The van der Waals surface area contributed by atoms with Crippen LogP contribution in [0.25, 0.3) is 0 Å². The summed E-state index contributed by atoms with van der Waals surface area (Å²) >= 11 is 0. The third-order valence-electron chi connectivity index (χ3n) is 10.1. The third kappa shape index (κ3) is 9.95. The van der Waals surface area contributed by atoms with Gasteiger partial charge in [-0.15, -0.1) is 10.2 Å². The fourth-order valence-corrected chi connectivity index (χ4v) is 7.47. The van der Waals surface area contributed by atoms with Gasteiger partial charge >= 0.3 is 0 Å². The number of methoxy groups -OCH3 is 2. The number of fused-ring (bicyclic) bond motifs is 2. The Labute approximate surface area is 332 Å². The number of imide groups is 2. The van der Waals surface area contributed by atoms with Crippen molar-refractivity contribution in [1.82, 2.24) is 9.80 Å². The lowest BCUT2D eigenvalue weighted by atomic mass is 9.76. The van der Waals surface area contributed by atoms with Crippen molar-refractivity contribution in [2.45, 2.75) is 98.6 Å². The molecule has 2 aromatic carbocycles. The molecule has 15 heteroatoms. The summed E-state index contributed by atoms with van der Waals surface area (Å²) in [6.07, 6.45) is 3.08. The normalized spacial score (nSPS) is 19.6. The first-order valence-electron chi connectivity index (χ1n) is 19.0. The number of ketones is 3. The van der Waals surface area contributed by atoms with Crippen molar-refractivity contribution < 1.29 is 48.1 Å². The van der Waals surface area contributed by atoms with E-state index >= 15 is 0 Å². The van der Waals surface area contributed by atoms with E-state index in [2.05, 4.69) is 10.2 Å². The summed E-state index contributed by atoms with van der Waals surface area (Å²) in [7, 11) is 3.07. The molecule has 0 saturated heterocycles. The lowest BCUT2D eigenvalue weighted by Crippen LogP contribution is -2.42. The van der Waals surface area contributed by atoms with Crippen molar-refractivity contribution in [1.29, 1.82) is 0 Å². The standard InChI is InChI=1S/C21H25N3O5.C13H16N2O3.C8H12O2/c1-5-12(11-29-4)24-19(27)13-7-6-8-14(17(13)20(24)28)22-23-18-15(25)9-21(2,3)10-16(18)26;1-3-8(7-18-2)15-12(16)9-5-4-6-10(14)11(9)13(15)17;1-8(2)4-6(9)3-7(10)5-8/h6-8,12,25H,5,9-11H2,1-4H3;4-6,8H,3,7,14H2,1-2H3;3-5H2,1-2H3. The van der Waals surface area contributed by atoms with Crippen LogP contribution in [0, 0.1) is 10.8 Å². The summed E-state index contributed by atoms with van der Waals surface area (Å²) in [5, 5.41) is 18.2.